The summed E-state index contributed by atoms with van der Waals surface area (Å²) in [7, 11) is 0. The topological polar surface area (TPSA) is 38.0 Å². The van der Waals surface area contributed by atoms with Gasteiger partial charge >= 0.3 is 0 Å². The highest BCUT2D eigenvalue weighted by atomic mass is 32.2. The van der Waals surface area contributed by atoms with Crippen molar-refractivity contribution in [3.63, 3.8) is 0 Å². The van der Waals surface area contributed by atoms with Crippen LogP contribution in [0.1, 0.15) is 18.4 Å². The van der Waals surface area contributed by atoms with Gasteiger partial charge in [-0.1, -0.05) is 12.2 Å². The Morgan fingerprint density at radius 1 is 1.29 bits per heavy atom. The van der Waals surface area contributed by atoms with Gasteiger partial charge in [0.25, 0.3) is 0 Å². The molecule has 1 aromatic rings. The van der Waals surface area contributed by atoms with Crippen LogP contribution in [-0.4, -0.2) is 23.0 Å². The lowest BCUT2D eigenvalue weighted by atomic mass is 10.0. The molecule has 1 aromatic carbocycles. The molecule has 0 saturated carbocycles. The summed E-state index contributed by atoms with van der Waals surface area (Å²) in [4.78, 5) is 0.459. The molecule has 1 aliphatic heterocycles. The second kappa shape index (κ2) is 6.26. The van der Waals surface area contributed by atoms with Gasteiger partial charge in [0.1, 0.15) is 4.99 Å². The second-order valence-corrected chi connectivity index (χ2v) is 6.04. The van der Waals surface area contributed by atoms with Crippen LogP contribution in [-0.2, 0) is 0 Å². The lowest BCUT2D eigenvalue weighted by molar-refractivity contribution is 0.516. The summed E-state index contributed by atoms with van der Waals surface area (Å²) in [6.07, 6.45) is 2.67. The Morgan fingerprint density at radius 2 is 1.94 bits per heavy atom. The maximum atomic E-state index is 5.56. The Hall–Kier alpha value is -0.740. The van der Waals surface area contributed by atoms with Gasteiger partial charge in [0.2, 0.25) is 0 Å². The largest absolute Gasteiger partial charge is 0.389 e. The molecular formula is C13H18N2S2. The number of anilines is 1. The average molecular weight is 266 g/mol. The van der Waals surface area contributed by atoms with Gasteiger partial charge in [-0.05, 0) is 54.5 Å². The molecular weight excluding hydrogens is 248 g/mol. The van der Waals surface area contributed by atoms with E-state index in [1.54, 1.807) is 0 Å². The summed E-state index contributed by atoms with van der Waals surface area (Å²) in [5.74, 6) is 3.45. The summed E-state index contributed by atoms with van der Waals surface area (Å²) in [6, 6.07) is 8.04. The fourth-order valence-electron chi connectivity index (χ4n) is 1.97. The molecule has 0 amide bonds. The number of nitrogens with one attached hydrogen (secondary N) is 1. The van der Waals surface area contributed by atoms with Crippen LogP contribution in [0, 0.1) is 5.92 Å². The molecule has 92 valence electrons. The van der Waals surface area contributed by atoms with Crippen LogP contribution in [0.25, 0.3) is 0 Å². The normalized spacial score (nSPS) is 16.7. The first-order chi connectivity index (χ1) is 8.25. The fraction of sp³-hybridized carbons (Fsp3) is 0.462. The van der Waals surface area contributed by atoms with Crippen molar-refractivity contribution in [1.29, 1.82) is 0 Å². The molecule has 2 rings (SSSR count). The number of hydrogen-bond donors (Lipinski definition) is 2. The molecule has 1 fully saturated rings. The monoisotopic (exact) mass is 266 g/mol. The van der Waals surface area contributed by atoms with E-state index in [9.17, 15) is 0 Å². The molecule has 0 atom stereocenters. The summed E-state index contributed by atoms with van der Waals surface area (Å²) in [5.41, 5.74) is 7.65. The fourth-order valence-corrected chi connectivity index (χ4v) is 3.31. The van der Waals surface area contributed by atoms with Crippen LogP contribution in [0.2, 0.25) is 0 Å². The van der Waals surface area contributed by atoms with Crippen LogP contribution < -0.4 is 11.1 Å². The number of thioether (sulfide) groups is 1. The molecule has 1 saturated heterocycles. The Labute approximate surface area is 112 Å². The molecule has 0 aliphatic carbocycles. The highest BCUT2D eigenvalue weighted by molar-refractivity contribution is 7.99. The first kappa shape index (κ1) is 12.7. The molecule has 0 unspecified atom stereocenters. The smallest absolute Gasteiger partial charge is 0.103 e. The van der Waals surface area contributed by atoms with Gasteiger partial charge in [-0.25, -0.2) is 0 Å². The van der Waals surface area contributed by atoms with E-state index in [0.717, 1.165) is 23.7 Å². The molecule has 4 heteroatoms. The van der Waals surface area contributed by atoms with Gasteiger partial charge < -0.3 is 11.1 Å². The maximum Gasteiger partial charge on any atom is 0.103 e. The number of rotatable bonds is 4. The van der Waals surface area contributed by atoms with Crippen LogP contribution >= 0.6 is 24.0 Å². The number of nitrogens with two attached hydrogens (primary N) is 1. The summed E-state index contributed by atoms with van der Waals surface area (Å²) < 4.78 is 0. The van der Waals surface area contributed by atoms with Gasteiger partial charge in [-0.3, -0.25) is 0 Å². The SMILES string of the molecule is NC(=S)c1ccc(NCC2CCSCC2)cc1. The summed E-state index contributed by atoms with van der Waals surface area (Å²) in [5, 5.41) is 3.49. The van der Waals surface area contributed by atoms with E-state index >= 15 is 0 Å². The predicted molar refractivity (Wildman–Crippen MR) is 80.9 cm³/mol. The zero-order chi connectivity index (χ0) is 12.1. The van der Waals surface area contributed by atoms with Gasteiger partial charge in [-0.15, -0.1) is 0 Å². The van der Waals surface area contributed by atoms with Gasteiger partial charge in [-0.2, -0.15) is 11.8 Å². The number of hydrogen-bond acceptors (Lipinski definition) is 3. The molecule has 0 radical (unpaired) electrons. The van der Waals surface area contributed by atoms with E-state index in [1.807, 2.05) is 24.3 Å². The Kier molecular flexibility index (Phi) is 4.68. The van der Waals surface area contributed by atoms with E-state index in [0.29, 0.717) is 4.99 Å². The van der Waals surface area contributed by atoms with Crippen molar-refractivity contribution in [3.8, 4) is 0 Å². The van der Waals surface area contributed by atoms with Crippen LogP contribution in [0.4, 0.5) is 5.69 Å². The van der Waals surface area contributed by atoms with Crippen molar-refractivity contribution in [1.82, 2.24) is 0 Å². The number of thiocarbonyl (C=S) groups is 1. The molecule has 1 heterocycles. The first-order valence-corrected chi connectivity index (χ1v) is 7.53. The standard InChI is InChI=1S/C13H18N2S2/c14-13(16)11-1-3-12(4-2-11)15-9-10-5-7-17-8-6-10/h1-4,10,15H,5-9H2,(H2,14,16). The third kappa shape index (κ3) is 3.89. The maximum absolute atomic E-state index is 5.56. The quantitative estimate of drug-likeness (QED) is 0.822. The Bertz CT molecular complexity index is 370. The van der Waals surface area contributed by atoms with E-state index in [2.05, 4.69) is 17.1 Å². The Balaban J connectivity index is 1.84. The summed E-state index contributed by atoms with van der Waals surface area (Å²) >= 11 is 7.00. The average Bonchev–Trinajstić information content (AvgIpc) is 2.38. The molecule has 2 nitrogen and oxygen atoms in total. The number of benzene rings is 1. The second-order valence-electron chi connectivity index (χ2n) is 4.38. The first-order valence-electron chi connectivity index (χ1n) is 5.97. The molecule has 17 heavy (non-hydrogen) atoms. The van der Waals surface area contributed by atoms with E-state index in [1.165, 1.54) is 24.3 Å². The molecule has 3 N–H and O–H groups in total. The molecule has 1 aliphatic rings. The minimum atomic E-state index is 0.459. The summed E-state index contributed by atoms with van der Waals surface area (Å²) in [6.45, 7) is 1.08. The van der Waals surface area contributed by atoms with Crippen molar-refractivity contribution in [3.05, 3.63) is 29.8 Å². The molecule has 0 aromatic heterocycles. The van der Waals surface area contributed by atoms with E-state index < -0.39 is 0 Å². The van der Waals surface area contributed by atoms with Gasteiger partial charge in [0.15, 0.2) is 0 Å². The van der Waals surface area contributed by atoms with Crippen molar-refractivity contribution >= 4 is 34.7 Å². The lowest BCUT2D eigenvalue weighted by Gasteiger charge is -2.22. The highest BCUT2D eigenvalue weighted by Gasteiger charge is 2.12. The van der Waals surface area contributed by atoms with Crippen molar-refractivity contribution in [2.45, 2.75) is 12.8 Å². The van der Waals surface area contributed by atoms with Crippen molar-refractivity contribution in [2.24, 2.45) is 11.7 Å². The zero-order valence-corrected chi connectivity index (χ0v) is 11.4. The van der Waals surface area contributed by atoms with Crippen LogP contribution in [0.5, 0.6) is 0 Å². The van der Waals surface area contributed by atoms with E-state index in [-0.39, 0.29) is 0 Å². The lowest BCUT2D eigenvalue weighted by Crippen LogP contribution is -2.19. The third-order valence-corrected chi connectivity index (χ3v) is 4.39. The van der Waals surface area contributed by atoms with Crippen LogP contribution in [0.15, 0.2) is 24.3 Å². The van der Waals surface area contributed by atoms with Crippen molar-refractivity contribution < 1.29 is 0 Å². The zero-order valence-electron chi connectivity index (χ0n) is 9.82. The molecule has 0 bridgehead atoms. The van der Waals surface area contributed by atoms with Crippen molar-refractivity contribution in [2.75, 3.05) is 23.4 Å². The molecule has 0 spiro atoms. The predicted octanol–water partition coefficient (Wildman–Crippen LogP) is 2.88. The Morgan fingerprint density at radius 3 is 2.53 bits per heavy atom. The van der Waals surface area contributed by atoms with Gasteiger partial charge in [0.05, 0.1) is 0 Å². The third-order valence-electron chi connectivity index (χ3n) is 3.11. The van der Waals surface area contributed by atoms with Crippen LogP contribution in [0.3, 0.4) is 0 Å². The minimum absolute atomic E-state index is 0.459. The minimum Gasteiger partial charge on any atom is -0.389 e. The van der Waals surface area contributed by atoms with Gasteiger partial charge in [0, 0.05) is 17.8 Å². The highest BCUT2D eigenvalue weighted by Crippen LogP contribution is 2.23. The van der Waals surface area contributed by atoms with E-state index in [4.69, 9.17) is 18.0 Å².